The number of aryl methyl sites for hydroxylation is 1. The minimum atomic E-state index is -1.06. The van der Waals surface area contributed by atoms with Crippen molar-refractivity contribution in [3.8, 4) is 11.3 Å². The molecule has 0 atom stereocenters. The first-order chi connectivity index (χ1) is 7.66. The Morgan fingerprint density at radius 2 is 2.50 bits per heavy atom. The highest BCUT2D eigenvalue weighted by molar-refractivity contribution is 7.06. The van der Waals surface area contributed by atoms with Gasteiger partial charge in [0.25, 0.3) is 0 Å². The summed E-state index contributed by atoms with van der Waals surface area (Å²) in [6.45, 7) is 2.57. The van der Waals surface area contributed by atoms with Gasteiger partial charge in [-0.15, -0.1) is 0 Å². The Balaban J connectivity index is 2.23. The molecule has 2 N–H and O–H groups in total. The number of carboxylic acids is 1. The van der Waals surface area contributed by atoms with Gasteiger partial charge in [-0.3, -0.25) is 0 Å². The molecule has 2 aromatic rings. The van der Waals surface area contributed by atoms with E-state index in [1.54, 1.807) is 0 Å². The summed E-state index contributed by atoms with van der Waals surface area (Å²) >= 11 is 1.41. The topological polar surface area (TPSA) is 75.4 Å². The largest absolute Gasteiger partial charge is 0.475 e. The quantitative estimate of drug-likeness (QED) is 0.794. The smallest absolute Gasteiger partial charge is 0.371 e. The second-order valence-corrected chi connectivity index (χ2v) is 4.44. The summed E-state index contributed by atoms with van der Waals surface area (Å²) < 4.78 is 9.58. The van der Waals surface area contributed by atoms with E-state index in [0.29, 0.717) is 12.3 Å². The molecule has 3 rings (SSSR count). The summed E-state index contributed by atoms with van der Waals surface area (Å²) in [4.78, 5) is 11.9. The van der Waals surface area contributed by atoms with Crippen molar-refractivity contribution < 1.29 is 14.3 Å². The number of carbonyl (C=O) groups is 1. The second-order valence-electron chi connectivity index (χ2n) is 3.58. The zero-order chi connectivity index (χ0) is 11.3. The Morgan fingerprint density at radius 1 is 1.69 bits per heavy atom. The molecular formula is C10H8N2O3S. The van der Waals surface area contributed by atoms with E-state index in [-0.39, 0.29) is 5.76 Å². The Labute approximate surface area is 94.9 Å². The molecule has 0 unspecified atom stereocenters. The molecule has 3 heterocycles. The Hall–Kier alpha value is -1.82. The lowest BCUT2D eigenvalue weighted by Crippen LogP contribution is -2.04. The molecule has 0 fully saturated rings. The van der Waals surface area contributed by atoms with Crippen LogP contribution in [0.3, 0.4) is 0 Å². The van der Waals surface area contributed by atoms with Crippen LogP contribution in [-0.2, 0) is 6.54 Å². The number of fused-ring (bicyclic) bond motifs is 3. The molecule has 6 heteroatoms. The van der Waals surface area contributed by atoms with Gasteiger partial charge in [0, 0.05) is 6.07 Å². The minimum Gasteiger partial charge on any atom is -0.475 e. The predicted octanol–water partition coefficient (Wildman–Crippen LogP) is 2.34. The van der Waals surface area contributed by atoms with Crippen molar-refractivity contribution in [3.63, 3.8) is 0 Å². The maximum absolute atomic E-state index is 10.8. The molecule has 0 saturated heterocycles. The lowest BCUT2D eigenvalue weighted by atomic mass is 10.1. The summed E-state index contributed by atoms with van der Waals surface area (Å²) in [7, 11) is 0. The van der Waals surface area contributed by atoms with Crippen LogP contribution in [-0.4, -0.2) is 15.4 Å². The molecule has 16 heavy (non-hydrogen) atoms. The van der Waals surface area contributed by atoms with E-state index in [4.69, 9.17) is 9.52 Å². The molecule has 0 aliphatic carbocycles. The second kappa shape index (κ2) is 3.08. The van der Waals surface area contributed by atoms with Gasteiger partial charge in [-0.2, -0.15) is 4.37 Å². The summed E-state index contributed by atoms with van der Waals surface area (Å²) in [6.07, 6.45) is 0. The summed E-state index contributed by atoms with van der Waals surface area (Å²) in [5, 5.41) is 12.0. The van der Waals surface area contributed by atoms with Crippen LogP contribution in [0.2, 0.25) is 0 Å². The molecule has 0 amide bonds. The monoisotopic (exact) mass is 236 g/mol. The van der Waals surface area contributed by atoms with E-state index in [1.165, 1.54) is 17.6 Å². The van der Waals surface area contributed by atoms with Crippen molar-refractivity contribution in [1.29, 1.82) is 0 Å². The Bertz CT molecular complexity index is 585. The van der Waals surface area contributed by atoms with Gasteiger partial charge >= 0.3 is 5.97 Å². The van der Waals surface area contributed by atoms with Gasteiger partial charge < -0.3 is 14.8 Å². The minimum absolute atomic E-state index is 0.0454. The van der Waals surface area contributed by atoms with Crippen molar-refractivity contribution in [2.45, 2.75) is 13.5 Å². The summed E-state index contributed by atoms with van der Waals surface area (Å²) in [5.74, 6) is -0.514. The lowest BCUT2D eigenvalue weighted by Gasteiger charge is -2.12. The fraction of sp³-hybridized carbons (Fsp3) is 0.200. The third-order valence-corrected chi connectivity index (χ3v) is 3.48. The lowest BCUT2D eigenvalue weighted by molar-refractivity contribution is 0.0663. The molecule has 0 aromatic carbocycles. The van der Waals surface area contributed by atoms with E-state index >= 15 is 0 Å². The third kappa shape index (κ3) is 1.16. The zero-order valence-corrected chi connectivity index (χ0v) is 9.22. The highest BCUT2D eigenvalue weighted by atomic mass is 32.1. The van der Waals surface area contributed by atoms with E-state index < -0.39 is 5.97 Å². The number of hydrogen-bond acceptors (Lipinski definition) is 5. The van der Waals surface area contributed by atoms with Crippen LogP contribution in [0.5, 0.6) is 0 Å². The molecule has 1 aliphatic heterocycles. The molecule has 0 saturated carbocycles. The van der Waals surface area contributed by atoms with Crippen LogP contribution in [0.1, 0.15) is 21.1 Å². The van der Waals surface area contributed by atoms with Gasteiger partial charge in [0.2, 0.25) is 5.76 Å². The Morgan fingerprint density at radius 3 is 3.25 bits per heavy atom. The van der Waals surface area contributed by atoms with Crippen molar-refractivity contribution in [1.82, 2.24) is 4.37 Å². The van der Waals surface area contributed by atoms with Crippen LogP contribution >= 0.6 is 11.5 Å². The van der Waals surface area contributed by atoms with Crippen molar-refractivity contribution in [2.75, 3.05) is 5.32 Å². The molecule has 0 radical (unpaired) electrons. The fourth-order valence-electron chi connectivity index (χ4n) is 1.82. The highest BCUT2D eigenvalue weighted by Crippen LogP contribution is 2.41. The molecule has 1 aliphatic rings. The van der Waals surface area contributed by atoms with Gasteiger partial charge in [-0.25, -0.2) is 4.79 Å². The zero-order valence-electron chi connectivity index (χ0n) is 8.40. The SMILES string of the molecule is Cc1nsc2c1-c1oc(C(=O)O)cc1NC2. The van der Waals surface area contributed by atoms with Crippen LogP contribution in [0.15, 0.2) is 10.5 Å². The van der Waals surface area contributed by atoms with Gasteiger partial charge in [0.05, 0.1) is 28.4 Å². The Kier molecular flexibility index (Phi) is 1.81. The van der Waals surface area contributed by atoms with Crippen LogP contribution < -0.4 is 5.32 Å². The number of hydrogen-bond donors (Lipinski definition) is 2. The summed E-state index contributed by atoms with van der Waals surface area (Å²) in [6, 6.07) is 1.51. The van der Waals surface area contributed by atoms with E-state index in [2.05, 4.69) is 9.69 Å². The maximum Gasteiger partial charge on any atom is 0.371 e. The number of carboxylic acid groups (broad SMARTS) is 1. The number of aromatic nitrogens is 1. The number of nitrogens with zero attached hydrogens (tertiary/aromatic N) is 1. The number of anilines is 1. The molecular weight excluding hydrogens is 228 g/mol. The standard InChI is InChI=1S/C10H8N2O3S/c1-4-8-7(16-12-4)3-11-5-2-6(10(13)14)15-9(5)8/h2,11H,3H2,1H3,(H,13,14). The third-order valence-electron chi connectivity index (χ3n) is 2.54. The van der Waals surface area contributed by atoms with E-state index in [1.807, 2.05) is 6.92 Å². The van der Waals surface area contributed by atoms with Crippen molar-refractivity contribution in [2.24, 2.45) is 0 Å². The highest BCUT2D eigenvalue weighted by Gasteiger charge is 2.26. The average Bonchev–Trinajstić information content (AvgIpc) is 2.81. The van der Waals surface area contributed by atoms with Gasteiger partial charge in [-0.05, 0) is 18.5 Å². The number of furan rings is 1. The van der Waals surface area contributed by atoms with Crippen LogP contribution in [0.25, 0.3) is 11.3 Å². The van der Waals surface area contributed by atoms with Crippen molar-refractivity contribution in [3.05, 3.63) is 22.4 Å². The van der Waals surface area contributed by atoms with Gasteiger partial charge in [0.15, 0.2) is 5.76 Å². The number of aromatic carboxylic acids is 1. The first kappa shape index (κ1) is 9.41. The first-order valence-electron chi connectivity index (χ1n) is 4.73. The van der Waals surface area contributed by atoms with E-state index in [0.717, 1.165) is 21.8 Å². The normalized spacial score (nSPS) is 12.8. The number of rotatable bonds is 1. The van der Waals surface area contributed by atoms with Gasteiger partial charge in [0.1, 0.15) is 0 Å². The van der Waals surface area contributed by atoms with E-state index in [9.17, 15) is 4.79 Å². The van der Waals surface area contributed by atoms with Crippen LogP contribution in [0.4, 0.5) is 5.69 Å². The first-order valence-corrected chi connectivity index (χ1v) is 5.50. The molecule has 5 nitrogen and oxygen atoms in total. The fourth-order valence-corrected chi connectivity index (χ4v) is 2.62. The number of nitrogens with one attached hydrogen (secondary N) is 1. The predicted molar refractivity (Wildman–Crippen MR) is 58.8 cm³/mol. The average molecular weight is 236 g/mol. The van der Waals surface area contributed by atoms with Crippen LogP contribution in [0, 0.1) is 6.92 Å². The van der Waals surface area contributed by atoms with Gasteiger partial charge in [-0.1, -0.05) is 0 Å². The summed E-state index contributed by atoms with van der Waals surface area (Å²) in [5.41, 5.74) is 2.55. The molecule has 0 spiro atoms. The molecule has 0 bridgehead atoms. The molecule has 2 aromatic heterocycles. The maximum atomic E-state index is 10.8. The molecule has 82 valence electrons. The van der Waals surface area contributed by atoms with Crippen molar-refractivity contribution >= 4 is 23.2 Å².